The van der Waals surface area contributed by atoms with Crippen molar-refractivity contribution in [2.24, 2.45) is 4.99 Å². The number of pyridine rings is 1. The summed E-state index contributed by atoms with van der Waals surface area (Å²) in [4.78, 5) is 13.0. The molecule has 2 aromatic heterocycles. The van der Waals surface area contributed by atoms with E-state index in [1.165, 1.54) is 0 Å². The number of aryl methyl sites for hydroxylation is 2. The van der Waals surface area contributed by atoms with Gasteiger partial charge in [0.05, 0.1) is 0 Å². The van der Waals surface area contributed by atoms with Gasteiger partial charge in [-0.1, -0.05) is 11.2 Å². The minimum absolute atomic E-state index is 0.672. The van der Waals surface area contributed by atoms with E-state index in [0.717, 1.165) is 44.0 Å². The van der Waals surface area contributed by atoms with Gasteiger partial charge in [0.2, 0.25) is 5.89 Å². The Hall–Kier alpha value is -2.44. The van der Waals surface area contributed by atoms with E-state index in [1.807, 2.05) is 31.3 Å². The maximum atomic E-state index is 5.08. The molecule has 0 aromatic carbocycles. The van der Waals surface area contributed by atoms with E-state index in [1.54, 1.807) is 0 Å². The summed E-state index contributed by atoms with van der Waals surface area (Å²) >= 11 is 0. The number of rotatable bonds is 8. The third-order valence-electron chi connectivity index (χ3n) is 3.13. The Balaban J connectivity index is 1.71. The quantitative estimate of drug-likeness (QED) is 0.436. The van der Waals surface area contributed by atoms with Crippen molar-refractivity contribution in [1.29, 1.82) is 0 Å². The molecule has 23 heavy (non-hydrogen) atoms. The van der Waals surface area contributed by atoms with Gasteiger partial charge < -0.3 is 15.2 Å². The van der Waals surface area contributed by atoms with E-state index in [9.17, 15) is 0 Å². The Morgan fingerprint density at radius 1 is 1.26 bits per heavy atom. The van der Waals surface area contributed by atoms with Gasteiger partial charge in [-0.15, -0.1) is 0 Å². The molecule has 0 atom stereocenters. The number of aliphatic imine (C=N–C) groups is 1. The topological polar surface area (TPSA) is 88.2 Å². The van der Waals surface area contributed by atoms with E-state index in [4.69, 9.17) is 4.52 Å². The zero-order valence-corrected chi connectivity index (χ0v) is 13.7. The minimum atomic E-state index is 0.672. The van der Waals surface area contributed by atoms with Crippen molar-refractivity contribution in [2.75, 3.05) is 19.6 Å². The van der Waals surface area contributed by atoms with Gasteiger partial charge in [0.25, 0.3) is 0 Å². The van der Waals surface area contributed by atoms with Gasteiger partial charge in [-0.2, -0.15) is 4.98 Å². The smallest absolute Gasteiger partial charge is 0.226 e. The van der Waals surface area contributed by atoms with Gasteiger partial charge in [0, 0.05) is 44.4 Å². The SMILES string of the molecule is CCNC(=NCCCc1nc(C)no1)NCCc1ccccn1. The zero-order chi connectivity index (χ0) is 16.3. The molecule has 0 radical (unpaired) electrons. The van der Waals surface area contributed by atoms with Gasteiger partial charge in [0.1, 0.15) is 0 Å². The molecule has 124 valence electrons. The van der Waals surface area contributed by atoms with Crippen molar-refractivity contribution in [3.05, 3.63) is 41.8 Å². The largest absolute Gasteiger partial charge is 0.357 e. The fraction of sp³-hybridized carbons (Fsp3) is 0.500. The molecule has 7 nitrogen and oxygen atoms in total. The van der Waals surface area contributed by atoms with Crippen molar-refractivity contribution < 1.29 is 4.52 Å². The average Bonchev–Trinajstić information content (AvgIpc) is 2.98. The van der Waals surface area contributed by atoms with Crippen LogP contribution in [0.15, 0.2) is 33.9 Å². The number of aromatic nitrogens is 3. The molecule has 0 fully saturated rings. The highest BCUT2D eigenvalue weighted by atomic mass is 16.5. The summed E-state index contributed by atoms with van der Waals surface area (Å²) in [6.45, 7) is 6.21. The molecule has 7 heteroatoms. The first-order valence-electron chi connectivity index (χ1n) is 7.99. The molecule has 0 amide bonds. The summed E-state index contributed by atoms with van der Waals surface area (Å²) < 4.78 is 5.08. The second-order valence-electron chi connectivity index (χ2n) is 5.10. The highest BCUT2D eigenvalue weighted by molar-refractivity contribution is 5.79. The summed E-state index contributed by atoms with van der Waals surface area (Å²) in [5.41, 5.74) is 1.07. The van der Waals surface area contributed by atoms with E-state index in [0.29, 0.717) is 18.3 Å². The Morgan fingerprint density at radius 2 is 2.17 bits per heavy atom. The van der Waals surface area contributed by atoms with E-state index in [-0.39, 0.29) is 0 Å². The average molecular weight is 316 g/mol. The Morgan fingerprint density at radius 3 is 2.87 bits per heavy atom. The second-order valence-corrected chi connectivity index (χ2v) is 5.10. The lowest BCUT2D eigenvalue weighted by atomic mass is 10.3. The van der Waals surface area contributed by atoms with Crippen molar-refractivity contribution in [1.82, 2.24) is 25.8 Å². The summed E-state index contributed by atoms with van der Waals surface area (Å²) in [5.74, 6) is 2.17. The molecule has 2 rings (SSSR count). The first-order valence-corrected chi connectivity index (χ1v) is 7.99. The summed E-state index contributed by atoms with van der Waals surface area (Å²) in [6.07, 6.45) is 4.30. The molecule has 0 aliphatic rings. The molecule has 0 aliphatic carbocycles. The molecule has 0 saturated heterocycles. The van der Waals surface area contributed by atoms with Crippen LogP contribution in [0.1, 0.15) is 30.8 Å². The van der Waals surface area contributed by atoms with Crippen LogP contribution in [-0.2, 0) is 12.8 Å². The molecule has 2 heterocycles. The lowest BCUT2D eigenvalue weighted by Crippen LogP contribution is -2.38. The van der Waals surface area contributed by atoms with E-state index < -0.39 is 0 Å². The Kier molecular flexibility index (Phi) is 7.03. The molecule has 0 unspecified atom stereocenters. The van der Waals surface area contributed by atoms with Crippen LogP contribution in [0.25, 0.3) is 0 Å². The number of hydrogen-bond donors (Lipinski definition) is 2. The second kappa shape index (κ2) is 9.55. The van der Waals surface area contributed by atoms with Crippen LogP contribution in [0, 0.1) is 6.92 Å². The van der Waals surface area contributed by atoms with E-state index >= 15 is 0 Å². The standard InChI is InChI=1S/C16H24N6O/c1-3-17-16(20-12-9-14-7-4-5-10-18-14)19-11-6-8-15-21-13(2)22-23-15/h4-5,7,10H,3,6,8-9,11-12H2,1-2H3,(H2,17,19,20). The Bertz CT molecular complexity index is 596. The minimum Gasteiger partial charge on any atom is -0.357 e. The molecule has 0 spiro atoms. The molecule has 2 N–H and O–H groups in total. The monoisotopic (exact) mass is 316 g/mol. The summed E-state index contributed by atoms with van der Waals surface area (Å²) in [7, 11) is 0. The highest BCUT2D eigenvalue weighted by Crippen LogP contribution is 2.00. The zero-order valence-electron chi connectivity index (χ0n) is 13.7. The Labute approximate surface area is 136 Å². The van der Waals surface area contributed by atoms with Gasteiger partial charge >= 0.3 is 0 Å². The number of nitrogens with zero attached hydrogens (tertiary/aromatic N) is 4. The van der Waals surface area contributed by atoms with Crippen molar-refractivity contribution in [3.8, 4) is 0 Å². The predicted octanol–water partition coefficient (Wildman–Crippen LogP) is 1.50. The lowest BCUT2D eigenvalue weighted by molar-refractivity contribution is 0.372. The number of nitrogens with one attached hydrogen (secondary N) is 2. The first-order chi connectivity index (χ1) is 11.3. The normalized spacial score (nSPS) is 11.5. The van der Waals surface area contributed by atoms with Gasteiger partial charge in [-0.05, 0) is 32.4 Å². The predicted molar refractivity (Wildman–Crippen MR) is 89.3 cm³/mol. The van der Waals surface area contributed by atoms with Crippen LogP contribution < -0.4 is 10.6 Å². The lowest BCUT2D eigenvalue weighted by Gasteiger charge is -2.10. The van der Waals surface area contributed by atoms with Crippen LogP contribution in [0.2, 0.25) is 0 Å². The summed E-state index contributed by atoms with van der Waals surface area (Å²) in [6, 6.07) is 5.95. The van der Waals surface area contributed by atoms with Gasteiger partial charge in [-0.25, -0.2) is 0 Å². The molecular weight excluding hydrogens is 292 g/mol. The third kappa shape index (κ3) is 6.46. The molecule has 2 aromatic rings. The summed E-state index contributed by atoms with van der Waals surface area (Å²) in [5, 5.41) is 10.3. The maximum absolute atomic E-state index is 5.08. The molecule has 0 bridgehead atoms. The third-order valence-corrected chi connectivity index (χ3v) is 3.13. The van der Waals surface area contributed by atoms with Crippen molar-refractivity contribution in [3.63, 3.8) is 0 Å². The van der Waals surface area contributed by atoms with Crippen LogP contribution in [0.3, 0.4) is 0 Å². The fourth-order valence-electron chi connectivity index (χ4n) is 2.06. The fourth-order valence-corrected chi connectivity index (χ4v) is 2.06. The number of hydrogen-bond acceptors (Lipinski definition) is 5. The highest BCUT2D eigenvalue weighted by Gasteiger charge is 2.02. The van der Waals surface area contributed by atoms with E-state index in [2.05, 4.69) is 37.7 Å². The maximum Gasteiger partial charge on any atom is 0.226 e. The first kappa shape index (κ1) is 16.9. The van der Waals surface area contributed by atoms with Crippen LogP contribution in [0.4, 0.5) is 0 Å². The van der Waals surface area contributed by atoms with Crippen LogP contribution in [0.5, 0.6) is 0 Å². The van der Waals surface area contributed by atoms with Crippen LogP contribution in [-0.4, -0.2) is 40.7 Å². The van der Waals surface area contributed by atoms with Crippen LogP contribution >= 0.6 is 0 Å². The van der Waals surface area contributed by atoms with Gasteiger partial charge in [-0.3, -0.25) is 9.98 Å². The van der Waals surface area contributed by atoms with Gasteiger partial charge in [0.15, 0.2) is 11.8 Å². The molecule has 0 saturated carbocycles. The molecule has 0 aliphatic heterocycles. The molecular formula is C16H24N6O. The van der Waals surface area contributed by atoms with Crippen molar-refractivity contribution >= 4 is 5.96 Å². The number of guanidine groups is 1. The van der Waals surface area contributed by atoms with Crippen molar-refractivity contribution in [2.45, 2.75) is 33.1 Å².